The summed E-state index contributed by atoms with van der Waals surface area (Å²) in [7, 11) is 0. The van der Waals surface area contributed by atoms with Gasteiger partial charge in [-0.25, -0.2) is 0 Å². The fourth-order valence-electron chi connectivity index (χ4n) is 23.8. The van der Waals surface area contributed by atoms with Gasteiger partial charge in [-0.15, -0.1) is 0 Å². The number of rotatable bonds is 9. The molecule has 24 aromatic rings. The van der Waals surface area contributed by atoms with E-state index in [0.717, 1.165) is 28.4 Å². The summed E-state index contributed by atoms with van der Waals surface area (Å²) in [5, 5.41) is 22.6. The zero-order valence-corrected chi connectivity index (χ0v) is 71.1. The number of fused-ring (bicyclic) bond motifs is 35. The molecule has 2 nitrogen and oxygen atoms in total. The fraction of sp³-hybridized carbons (Fsp3) is 0.0156. The van der Waals surface area contributed by atoms with Gasteiger partial charge >= 0.3 is 0 Å². The van der Waals surface area contributed by atoms with Crippen LogP contribution in [0, 0.1) is 0 Å². The van der Waals surface area contributed by atoms with Gasteiger partial charge in [0.15, 0.2) is 0 Å². The molecule has 0 unspecified atom stereocenters. The molecule has 24 aromatic carbocycles. The highest BCUT2D eigenvalue weighted by Crippen LogP contribution is 2.67. The third-order valence-corrected chi connectivity index (χ3v) is 29.1. The summed E-state index contributed by atoms with van der Waals surface area (Å²) < 4.78 is 0. The minimum Gasteiger partial charge on any atom is -0.310 e. The molecule has 28 rings (SSSR count). The smallest absolute Gasteiger partial charge is 0.0726 e. The summed E-state index contributed by atoms with van der Waals surface area (Å²) in [5.41, 5.74) is 34.0. The van der Waals surface area contributed by atoms with Crippen LogP contribution < -0.4 is 9.80 Å². The molecule has 0 bridgehead atoms. The normalized spacial score (nSPS) is 13.0. The predicted octanol–water partition coefficient (Wildman–Crippen LogP) is 34.4. The highest BCUT2D eigenvalue weighted by Gasteiger charge is 2.54. The van der Waals surface area contributed by atoms with E-state index in [9.17, 15) is 0 Å². The lowest BCUT2D eigenvalue weighted by Gasteiger charge is -2.32. The van der Waals surface area contributed by atoms with Gasteiger partial charge in [0, 0.05) is 33.9 Å². The Labute approximate surface area is 754 Å². The molecular formula is C128H80N2. The molecule has 0 N–H and O–H groups in total. The average Bonchev–Trinajstić information content (AvgIpc) is 1.51. The van der Waals surface area contributed by atoms with Gasteiger partial charge in [0.1, 0.15) is 0 Å². The standard InChI is InChI=1S/C69H43N.C59H37N/c1-3-22-50-44(18-1)20-15-31-52(50)46-40-47(53-32-16-21-45-19-2-4-23-51(45)53)42-49(41-46)70(48-38-39-58-56-26-6-5-24-54(56)55-25-7-8-27-57(55)62(58)43-48)67-37-17-36-66-68(67)61-30-11-14-35-65(61)69(66)63-33-12-9-28-59(63)60-29-10-13-34-64(60)69;1-2-17-42-38(15-1)16-13-25-43(42)39-31-33-40(34-32-39)60(41-35-36-48-46-20-4-3-18-44(46)45-19-5-6-21-47(45)52(48)37-41)57-30-14-29-56-58(57)51-24-9-12-28-55(51)59(56)53-26-10-7-22-49(53)50-23-8-11-27-54(50)59/h1-43H;1-37H. The fourth-order valence-corrected chi connectivity index (χ4v) is 23.8. The van der Waals surface area contributed by atoms with Crippen LogP contribution in [0.1, 0.15) is 44.5 Å². The van der Waals surface area contributed by atoms with Crippen LogP contribution in [0.25, 0.3) is 175 Å². The SMILES string of the molecule is c1ccc2c(c1)-c1ccccc1C21c2ccccc2-c2c(N(c3cc(-c4cccc5ccccc45)cc(-c4cccc5ccccc45)c3)c3ccc4c5ccccc5c5ccccc5c4c3)cccc21.c1ccc2c(c1)-c1ccccc1C21c2ccccc2-c2c(N(c3ccc(-c4cccc5ccccc45)cc3)c3ccc4c5ccccc5c5ccccc5c4c3)cccc21. The topological polar surface area (TPSA) is 6.48 Å². The van der Waals surface area contributed by atoms with Crippen molar-refractivity contribution in [2.75, 3.05) is 9.80 Å². The van der Waals surface area contributed by atoms with Crippen molar-refractivity contribution >= 4 is 131 Å². The highest BCUT2D eigenvalue weighted by molar-refractivity contribution is 6.28. The minimum atomic E-state index is -0.488. The maximum atomic E-state index is 2.58. The molecule has 2 heteroatoms. The Hall–Kier alpha value is -16.8. The van der Waals surface area contributed by atoms with E-state index in [2.05, 4.69) is 495 Å². The summed E-state index contributed by atoms with van der Waals surface area (Å²) in [6, 6.07) is 181. The molecular weight excluding hydrogens is 1570 g/mol. The number of hydrogen-bond acceptors (Lipinski definition) is 2. The van der Waals surface area contributed by atoms with E-state index in [-0.39, 0.29) is 0 Å². The molecule has 0 saturated carbocycles. The first kappa shape index (κ1) is 73.6. The Morgan fingerprint density at radius 2 is 0.369 bits per heavy atom. The molecule has 0 atom stereocenters. The molecule has 0 saturated heterocycles. The first-order valence-electron chi connectivity index (χ1n) is 45.3. The summed E-state index contributed by atoms with van der Waals surface area (Å²) in [4.78, 5) is 5.09. The van der Waals surface area contributed by atoms with Gasteiger partial charge in [-0.05, 0) is 275 Å². The molecule has 130 heavy (non-hydrogen) atoms. The minimum absolute atomic E-state index is 0.433. The van der Waals surface area contributed by atoms with Crippen molar-refractivity contribution in [2.24, 2.45) is 0 Å². The Kier molecular flexibility index (Phi) is 16.3. The van der Waals surface area contributed by atoms with Crippen LogP contribution in [0.15, 0.2) is 485 Å². The second-order valence-electron chi connectivity index (χ2n) is 35.4. The highest BCUT2D eigenvalue weighted by atomic mass is 15.2. The van der Waals surface area contributed by atoms with E-state index in [1.165, 1.54) is 225 Å². The van der Waals surface area contributed by atoms with Crippen LogP contribution in [0.3, 0.4) is 0 Å². The molecule has 0 heterocycles. The van der Waals surface area contributed by atoms with Crippen molar-refractivity contribution in [1.29, 1.82) is 0 Å². The van der Waals surface area contributed by atoms with E-state index >= 15 is 0 Å². The quantitative estimate of drug-likeness (QED) is 0.133. The third kappa shape index (κ3) is 10.6. The Balaban J connectivity index is 0.000000135. The molecule has 602 valence electrons. The van der Waals surface area contributed by atoms with Crippen molar-refractivity contribution in [1.82, 2.24) is 0 Å². The van der Waals surface area contributed by atoms with Gasteiger partial charge in [-0.2, -0.15) is 0 Å². The molecule has 4 aliphatic rings. The zero-order chi connectivity index (χ0) is 85.3. The number of benzene rings is 24. The van der Waals surface area contributed by atoms with Gasteiger partial charge in [-0.1, -0.05) is 419 Å². The van der Waals surface area contributed by atoms with Gasteiger partial charge in [-0.3, -0.25) is 0 Å². The Bertz CT molecular complexity index is 8640. The second-order valence-corrected chi connectivity index (χ2v) is 35.4. The van der Waals surface area contributed by atoms with Crippen molar-refractivity contribution in [3.8, 4) is 77.9 Å². The largest absolute Gasteiger partial charge is 0.310 e. The van der Waals surface area contributed by atoms with Gasteiger partial charge in [0.25, 0.3) is 0 Å². The lowest BCUT2D eigenvalue weighted by molar-refractivity contribution is 0.794. The molecule has 0 amide bonds. The van der Waals surface area contributed by atoms with Crippen LogP contribution in [0.2, 0.25) is 0 Å². The third-order valence-electron chi connectivity index (χ3n) is 29.1. The maximum Gasteiger partial charge on any atom is 0.0726 e. The number of hydrogen-bond donors (Lipinski definition) is 0. The molecule has 4 aliphatic carbocycles. The first-order chi connectivity index (χ1) is 64.5. The van der Waals surface area contributed by atoms with E-state index in [1.54, 1.807) is 0 Å². The van der Waals surface area contributed by atoms with Crippen molar-refractivity contribution in [2.45, 2.75) is 10.8 Å². The van der Waals surface area contributed by atoms with E-state index in [1.807, 2.05) is 0 Å². The molecule has 0 aromatic heterocycles. The lowest BCUT2D eigenvalue weighted by atomic mass is 9.70. The molecule has 2 spiro atoms. The predicted molar refractivity (Wildman–Crippen MR) is 549 cm³/mol. The Morgan fingerprint density at radius 3 is 0.723 bits per heavy atom. The first-order valence-corrected chi connectivity index (χ1v) is 45.3. The monoisotopic (exact) mass is 1640 g/mol. The van der Waals surface area contributed by atoms with Gasteiger partial charge < -0.3 is 9.80 Å². The van der Waals surface area contributed by atoms with Gasteiger partial charge in [0.2, 0.25) is 0 Å². The van der Waals surface area contributed by atoms with Crippen molar-refractivity contribution < 1.29 is 0 Å². The van der Waals surface area contributed by atoms with E-state index in [0.29, 0.717) is 0 Å². The average molecular weight is 1650 g/mol. The molecule has 0 aliphatic heterocycles. The van der Waals surface area contributed by atoms with Crippen LogP contribution in [-0.2, 0) is 10.8 Å². The Morgan fingerprint density at radius 1 is 0.131 bits per heavy atom. The van der Waals surface area contributed by atoms with Crippen molar-refractivity contribution in [3.05, 3.63) is 530 Å². The van der Waals surface area contributed by atoms with Crippen LogP contribution in [0.4, 0.5) is 34.1 Å². The van der Waals surface area contributed by atoms with E-state index < -0.39 is 10.8 Å². The molecule has 0 radical (unpaired) electrons. The summed E-state index contributed by atoms with van der Waals surface area (Å²) in [5.74, 6) is 0. The van der Waals surface area contributed by atoms with Crippen molar-refractivity contribution in [3.63, 3.8) is 0 Å². The lowest BCUT2D eigenvalue weighted by Crippen LogP contribution is -2.26. The van der Waals surface area contributed by atoms with Crippen LogP contribution in [-0.4, -0.2) is 0 Å². The zero-order valence-electron chi connectivity index (χ0n) is 71.1. The number of nitrogens with zero attached hydrogens (tertiary/aromatic N) is 2. The maximum absolute atomic E-state index is 2.58. The molecule has 0 fully saturated rings. The van der Waals surface area contributed by atoms with E-state index in [4.69, 9.17) is 0 Å². The van der Waals surface area contributed by atoms with Crippen LogP contribution >= 0.6 is 0 Å². The van der Waals surface area contributed by atoms with Gasteiger partial charge in [0.05, 0.1) is 22.2 Å². The summed E-state index contributed by atoms with van der Waals surface area (Å²) in [6.45, 7) is 0. The van der Waals surface area contributed by atoms with Crippen LogP contribution in [0.5, 0.6) is 0 Å². The number of anilines is 6. The second kappa shape index (κ2) is 28.9. The summed E-state index contributed by atoms with van der Waals surface area (Å²) >= 11 is 0. The summed E-state index contributed by atoms with van der Waals surface area (Å²) in [6.07, 6.45) is 0.